The third kappa shape index (κ3) is 6.23. The molecule has 0 aliphatic carbocycles. The molecule has 0 atom stereocenters. The Morgan fingerprint density at radius 1 is 0.906 bits per heavy atom. The Bertz CT molecular complexity index is 998. The van der Waals surface area contributed by atoms with E-state index in [0.717, 1.165) is 36.8 Å². The van der Waals surface area contributed by atoms with Gasteiger partial charge in [0, 0.05) is 26.1 Å². The van der Waals surface area contributed by atoms with Crippen LogP contribution < -0.4 is 14.8 Å². The van der Waals surface area contributed by atoms with Gasteiger partial charge in [0.2, 0.25) is 15.9 Å². The highest BCUT2D eigenvalue weighted by molar-refractivity contribution is 7.89. The molecule has 1 aliphatic heterocycles. The maximum Gasteiger partial charge on any atom is 0.243 e. The standard InChI is InChI=1S/C24H32N2O5S/c1-30-22-13-9-20(17-23(22)31-2)18-25-24(27)14-10-19-7-11-21(12-8-19)32(28,29)26-15-5-3-4-6-16-26/h7-9,11-13,17H,3-6,10,14-16,18H2,1-2H3,(H,25,27). The average molecular weight is 461 g/mol. The van der Waals surface area contributed by atoms with E-state index in [9.17, 15) is 13.2 Å². The first-order chi connectivity index (χ1) is 15.4. The molecule has 0 spiro atoms. The zero-order chi connectivity index (χ0) is 23.0. The molecule has 8 heteroatoms. The van der Waals surface area contributed by atoms with Crippen molar-refractivity contribution in [3.05, 3.63) is 53.6 Å². The fourth-order valence-electron chi connectivity index (χ4n) is 3.80. The van der Waals surface area contributed by atoms with Crippen LogP contribution in [0, 0.1) is 0 Å². The molecule has 32 heavy (non-hydrogen) atoms. The molecule has 2 aromatic carbocycles. The largest absolute Gasteiger partial charge is 0.493 e. The minimum Gasteiger partial charge on any atom is -0.493 e. The first-order valence-electron chi connectivity index (χ1n) is 11.0. The number of carbonyl (C=O) groups excluding carboxylic acids is 1. The smallest absolute Gasteiger partial charge is 0.243 e. The third-order valence-electron chi connectivity index (χ3n) is 5.70. The minimum absolute atomic E-state index is 0.0685. The number of carbonyl (C=O) groups is 1. The van der Waals surface area contributed by atoms with Crippen molar-refractivity contribution in [2.75, 3.05) is 27.3 Å². The average Bonchev–Trinajstić information content (AvgIpc) is 3.11. The third-order valence-corrected chi connectivity index (χ3v) is 7.62. The predicted molar refractivity (Wildman–Crippen MR) is 123 cm³/mol. The van der Waals surface area contributed by atoms with Crippen molar-refractivity contribution >= 4 is 15.9 Å². The molecule has 1 fully saturated rings. The zero-order valence-corrected chi connectivity index (χ0v) is 19.6. The predicted octanol–water partition coefficient (Wildman–Crippen LogP) is 3.52. The summed E-state index contributed by atoms with van der Waals surface area (Å²) in [5.74, 6) is 1.19. The molecule has 1 aliphatic rings. The number of nitrogens with zero attached hydrogens (tertiary/aromatic N) is 1. The molecule has 7 nitrogen and oxygen atoms in total. The van der Waals surface area contributed by atoms with Gasteiger partial charge in [-0.2, -0.15) is 4.31 Å². The molecule has 0 radical (unpaired) electrons. The molecule has 0 saturated carbocycles. The molecular formula is C24H32N2O5S. The lowest BCUT2D eigenvalue weighted by Gasteiger charge is -2.20. The normalized spacial score (nSPS) is 15.1. The Morgan fingerprint density at radius 3 is 2.16 bits per heavy atom. The number of aryl methyl sites for hydroxylation is 1. The Morgan fingerprint density at radius 2 is 1.53 bits per heavy atom. The van der Waals surface area contributed by atoms with Crippen LogP contribution in [0.2, 0.25) is 0 Å². The second-order valence-electron chi connectivity index (χ2n) is 7.93. The summed E-state index contributed by atoms with van der Waals surface area (Å²) < 4.78 is 37.8. The monoisotopic (exact) mass is 460 g/mol. The number of sulfonamides is 1. The van der Waals surface area contributed by atoms with E-state index in [4.69, 9.17) is 9.47 Å². The highest BCUT2D eigenvalue weighted by Crippen LogP contribution is 2.27. The van der Waals surface area contributed by atoms with Crippen molar-refractivity contribution < 1.29 is 22.7 Å². The van der Waals surface area contributed by atoms with E-state index in [0.29, 0.717) is 48.9 Å². The second-order valence-corrected chi connectivity index (χ2v) is 9.87. The fourth-order valence-corrected chi connectivity index (χ4v) is 5.31. The minimum atomic E-state index is -3.45. The number of rotatable bonds is 9. The summed E-state index contributed by atoms with van der Waals surface area (Å²) in [7, 11) is -0.295. The number of nitrogens with one attached hydrogen (secondary N) is 1. The highest BCUT2D eigenvalue weighted by atomic mass is 32.2. The van der Waals surface area contributed by atoms with Gasteiger partial charge < -0.3 is 14.8 Å². The molecule has 3 rings (SSSR count). The van der Waals surface area contributed by atoms with Crippen LogP contribution in [0.25, 0.3) is 0 Å². The van der Waals surface area contributed by atoms with Gasteiger partial charge in [-0.25, -0.2) is 8.42 Å². The van der Waals surface area contributed by atoms with Gasteiger partial charge in [-0.15, -0.1) is 0 Å². The van der Waals surface area contributed by atoms with Gasteiger partial charge in [-0.05, 0) is 54.7 Å². The van der Waals surface area contributed by atoms with Crippen molar-refractivity contribution in [2.45, 2.75) is 50.0 Å². The molecule has 174 valence electrons. The van der Waals surface area contributed by atoms with Crippen LogP contribution in [0.3, 0.4) is 0 Å². The maximum atomic E-state index is 12.9. The first kappa shape index (κ1) is 24.1. The van der Waals surface area contributed by atoms with Gasteiger partial charge in [0.05, 0.1) is 19.1 Å². The van der Waals surface area contributed by atoms with E-state index >= 15 is 0 Å². The highest BCUT2D eigenvalue weighted by Gasteiger charge is 2.24. The Labute approximate surface area is 190 Å². The van der Waals surface area contributed by atoms with Crippen LogP contribution in [0.15, 0.2) is 47.4 Å². The van der Waals surface area contributed by atoms with Gasteiger partial charge in [-0.3, -0.25) is 4.79 Å². The molecule has 1 N–H and O–H groups in total. The lowest BCUT2D eigenvalue weighted by Crippen LogP contribution is -2.31. The summed E-state index contributed by atoms with van der Waals surface area (Å²) in [5.41, 5.74) is 1.85. The Hall–Kier alpha value is -2.58. The van der Waals surface area contributed by atoms with Crippen LogP contribution in [0.1, 0.15) is 43.2 Å². The van der Waals surface area contributed by atoms with Crippen LogP contribution >= 0.6 is 0 Å². The molecule has 1 amide bonds. The quantitative estimate of drug-likeness (QED) is 0.619. The van der Waals surface area contributed by atoms with Crippen molar-refractivity contribution in [1.29, 1.82) is 0 Å². The first-order valence-corrected chi connectivity index (χ1v) is 12.4. The Kier molecular flexibility index (Phi) is 8.53. The van der Waals surface area contributed by atoms with Gasteiger partial charge in [0.15, 0.2) is 11.5 Å². The van der Waals surface area contributed by atoms with Crippen molar-refractivity contribution in [1.82, 2.24) is 9.62 Å². The Balaban J connectivity index is 1.51. The molecule has 1 saturated heterocycles. The lowest BCUT2D eigenvalue weighted by molar-refractivity contribution is -0.121. The molecule has 1 heterocycles. The SMILES string of the molecule is COc1ccc(CNC(=O)CCc2ccc(S(=O)(=O)N3CCCCCC3)cc2)cc1OC. The second kappa shape index (κ2) is 11.3. The molecular weight excluding hydrogens is 428 g/mol. The number of methoxy groups -OCH3 is 2. The van der Waals surface area contributed by atoms with E-state index in [1.54, 1.807) is 42.8 Å². The molecule has 0 bridgehead atoms. The fraction of sp³-hybridized carbons (Fsp3) is 0.458. The summed E-state index contributed by atoms with van der Waals surface area (Å²) in [4.78, 5) is 12.6. The van der Waals surface area contributed by atoms with Crippen LogP contribution in [-0.2, 0) is 27.8 Å². The topological polar surface area (TPSA) is 84.9 Å². The number of ether oxygens (including phenoxy) is 2. The van der Waals surface area contributed by atoms with Gasteiger partial charge in [0.1, 0.15) is 0 Å². The van der Waals surface area contributed by atoms with E-state index in [1.807, 2.05) is 18.2 Å². The van der Waals surface area contributed by atoms with Gasteiger partial charge in [-0.1, -0.05) is 31.0 Å². The number of benzene rings is 2. The molecule has 0 aromatic heterocycles. The number of hydrogen-bond acceptors (Lipinski definition) is 5. The number of hydrogen-bond donors (Lipinski definition) is 1. The van der Waals surface area contributed by atoms with E-state index in [2.05, 4.69) is 5.32 Å². The van der Waals surface area contributed by atoms with E-state index in [-0.39, 0.29) is 5.91 Å². The van der Waals surface area contributed by atoms with Crippen LogP contribution in [0.5, 0.6) is 11.5 Å². The van der Waals surface area contributed by atoms with Gasteiger partial charge >= 0.3 is 0 Å². The number of amides is 1. The molecule has 0 unspecified atom stereocenters. The van der Waals surface area contributed by atoms with E-state index in [1.165, 1.54) is 0 Å². The summed E-state index contributed by atoms with van der Waals surface area (Å²) in [6, 6.07) is 12.4. The van der Waals surface area contributed by atoms with Crippen LogP contribution in [0.4, 0.5) is 0 Å². The van der Waals surface area contributed by atoms with Crippen molar-refractivity contribution in [3.8, 4) is 11.5 Å². The zero-order valence-electron chi connectivity index (χ0n) is 18.8. The van der Waals surface area contributed by atoms with E-state index < -0.39 is 10.0 Å². The van der Waals surface area contributed by atoms with Crippen molar-refractivity contribution in [2.24, 2.45) is 0 Å². The lowest BCUT2D eigenvalue weighted by atomic mass is 10.1. The van der Waals surface area contributed by atoms with Gasteiger partial charge in [0.25, 0.3) is 0 Å². The van der Waals surface area contributed by atoms with Crippen LogP contribution in [-0.4, -0.2) is 45.9 Å². The summed E-state index contributed by atoms with van der Waals surface area (Å²) in [6.45, 7) is 1.57. The maximum absolute atomic E-state index is 12.9. The summed E-state index contributed by atoms with van der Waals surface area (Å²) in [5, 5.41) is 2.90. The summed E-state index contributed by atoms with van der Waals surface area (Å²) >= 11 is 0. The summed E-state index contributed by atoms with van der Waals surface area (Å²) in [6.07, 6.45) is 4.86. The molecule has 2 aromatic rings. The van der Waals surface area contributed by atoms with Crippen molar-refractivity contribution in [3.63, 3.8) is 0 Å².